The Bertz CT molecular complexity index is 618. The van der Waals surface area contributed by atoms with E-state index in [1.165, 1.54) is 16.5 Å². The van der Waals surface area contributed by atoms with Crippen LogP contribution in [0, 0.1) is 0 Å². The van der Waals surface area contributed by atoms with Crippen molar-refractivity contribution in [2.24, 2.45) is 0 Å². The van der Waals surface area contributed by atoms with Gasteiger partial charge in [-0.15, -0.1) is 0 Å². The molecule has 1 aliphatic rings. The molecule has 0 heterocycles. The van der Waals surface area contributed by atoms with Gasteiger partial charge in [-0.3, -0.25) is 0 Å². The Morgan fingerprint density at radius 1 is 1.11 bits per heavy atom. The van der Waals surface area contributed by atoms with Crippen LogP contribution < -0.4 is 0 Å². The first kappa shape index (κ1) is 11.5. The third kappa shape index (κ3) is 1.60. The number of hydrogen-bond acceptors (Lipinski definition) is 2. The van der Waals surface area contributed by atoms with E-state index < -0.39 is 0 Å². The van der Waals surface area contributed by atoms with Gasteiger partial charge >= 0.3 is 0 Å². The van der Waals surface area contributed by atoms with E-state index in [9.17, 15) is 5.11 Å². The van der Waals surface area contributed by atoms with Crippen LogP contribution in [-0.2, 0) is 12.8 Å². The van der Waals surface area contributed by atoms with E-state index in [0.717, 1.165) is 18.2 Å². The van der Waals surface area contributed by atoms with Crippen molar-refractivity contribution in [3.8, 4) is 5.75 Å². The minimum absolute atomic E-state index is 0.134. The number of hydrogen-bond donors (Lipinski definition) is 1. The van der Waals surface area contributed by atoms with E-state index in [4.69, 9.17) is 0 Å². The van der Waals surface area contributed by atoms with Crippen LogP contribution in [0.15, 0.2) is 30.3 Å². The zero-order chi connectivity index (χ0) is 12.9. The van der Waals surface area contributed by atoms with Crippen molar-refractivity contribution in [2.45, 2.75) is 25.3 Å². The van der Waals surface area contributed by atoms with Gasteiger partial charge < -0.3 is 10.0 Å². The average molecular weight is 241 g/mol. The van der Waals surface area contributed by atoms with E-state index in [2.05, 4.69) is 44.1 Å². The number of nitrogens with zero attached hydrogens (tertiary/aromatic N) is 1. The molecular formula is C16H19NO. The minimum atomic E-state index is 0.134. The molecule has 2 nitrogen and oxygen atoms in total. The standard InChI is InChI=1S/C16H19NO/c1-16(17(2)3)9-12-6-4-5-11-7-14(18)8-13(10-16)15(11)12/h4-8,18H,9-10H2,1-3H3. The van der Waals surface area contributed by atoms with Crippen molar-refractivity contribution in [1.29, 1.82) is 0 Å². The molecule has 0 aliphatic heterocycles. The van der Waals surface area contributed by atoms with E-state index in [1.807, 2.05) is 12.1 Å². The maximum Gasteiger partial charge on any atom is 0.116 e. The molecule has 2 aromatic rings. The van der Waals surface area contributed by atoms with Crippen LogP contribution in [0.1, 0.15) is 18.1 Å². The normalized spacial score (nSPS) is 22.7. The molecule has 1 N–H and O–H groups in total. The summed E-state index contributed by atoms with van der Waals surface area (Å²) in [5.74, 6) is 0.373. The zero-order valence-corrected chi connectivity index (χ0v) is 11.2. The summed E-state index contributed by atoms with van der Waals surface area (Å²) >= 11 is 0. The molecule has 0 fully saturated rings. The SMILES string of the molecule is CN(C)C1(C)Cc2cccc3cc(O)cc(c23)C1. The summed E-state index contributed by atoms with van der Waals surface area (Å²) in [6, 6.07) is 10.2. The molecule has 0 bridgehead atoms. The Hall–Kier alpha value is -1.54. The summed E-state index contributed by atoms with van der Waals surface area (Å²) in [6.07, 6.45) is 2.05. The molecule has 0 radical (unpaired) electrons. The van der Waals surface area contributed by atoms with Gasteiger partial charge in [0, 0.05) is 5.54 Å². The van der Waals surface area contributed by atoms with Gasteiger partial charge in [-0.25, -0.2) is 0 Å². The molecule has 1 unspecified atom stereocenters. The molecule has 0 amide bonds. The molecule has 0 spiro atoms. The number of rotatable bonds is 1. The number of phenolic OH excluding ortho intramolecular Hbond substituents is 1. The number of aromatic hydroxyl groups is 1. The fourth-order valence-electron chi connectivity index (χ4n) is 3.07. The fraction of sp³-hybridized carbons (Fsp3) is 0.375. The summed E-state index contributed by atoms with van der Waals surface area (Å²) in [5, 5.41) is 12.4. The Morgan fingerprint density at radius 2 is 1.83 bits per heavy atom. The summed E-state index contributed by atoms with van der Waals surface area (Å²) in [6.45, 7) is 2.29. The van der Waals surface area contributed by atoms with E-state index in [1.54, 1.807) is 0 Å². The Morgan fingerprint density at radius 3 is 2.56 bits per heavy atom. The van der Waals surface area contributed by atoms with Crippen molar-refractivity contribution in [2.75, 3.05) is 14.1 Å². The van der Waals surface area contributed by atoms with Gasteiger partial charge in [0.25, 0.3) is 0 Å². The monoisotopic (exact) mass is 241 g/mol. The van der Waals surface area contributed by atoms with Gasteiger partial charge in [0.1, 0.15) is 5.75 Å². The molecule has 0 aromatic heterocycles. The van der Waals surface area contributed by atoms with Crippen LogP contribution in [0.2, 0.25) is 0 Å². The van der Waals surface area contributed by atoms with Crippen LogP contribution >= 0.6 is 0 Å². The van der Waals surface area contributed by atoms with Crippen LogP contribution in [0.25, 0.3) is 10.8 Å². The molecule has 0 saturated carbocycles. The highest BCUT2D eigenvalue weighted by Gasteiger charge is 2.33. The first-order chi connectivity index (χ1) is 8.49. The molecule has 18 heavy (non-hydrogen) atoms. The largest absolute Gasteiger partial charge is 0.508 e. The summed E-state index contributed by atoms with van der Waals surface area (Å²) in [7, 11) is 4.27. The molecule has 0 saturated heterocycles. The lowest BCUT2D eigenvalue weighted by atomic mass is 9.77. The van der Waals surface area contributed by atoms with Crippen LogP contribution in [0.5, 0.6) is 5.75 Å². The molecule has 1 atom stereocenters. The van der Waals surface area contributed by atoms with Gasteiger partial charge in [0.05, 0.1) is 0 Å². The maximum absolute atomic E-state index is 9.85. The molecule has 2 aromatic carbocycles. The summed E-state index contributed by atoms with van der Waals surface area (Å²) in [4.78, 5) is 2.29. The molecular weight excluding hydrogens is 222 g/mol. The maximum atomic E-state index is 9.85. The number of benzene rings is 2. The smallest absolute Gasteiger partial charge is 0.116 e. The third-order valence-electron chi connectivity index (χ3n) is 4.35. The van der Waals surface area contributed by atoms with Crippen LogP contribution in [0.4, 0.5) is 0 Å². The molecule has 94 valence electrons. The third-order valence-corrected chi connectivity index (χ3v) is 4.35. The number of likely N-dealkylation sites (N-methyl/N-ethyl adjacent to an activating group) is 1. The van der Waals surface area contributed by atoms with Crippen molar-refractivity contribution in [3.05, 3.63) is 41.5 Å². The lowest BCUT2D eigenvalue weighted by Gasteiger charge is -2.40. The van der Waals surface area contributed by atoms with Crippen molar-refractivity contribution >= 4 is 10.8 Å². The van der Waals surface area contributed by atoms with Gasteiger partial charge in [-0.1, -0.05) is 18.2 Å². The van der Waals surface area contributed by atoms with Crippen LogP contribution in [0.3, 0.4) is 0 Å². The Kier molecular flexibility index (Phi) is 2.39. The van der Waals surface area contributed by atoms with E-state index >= 15 is 0 Å². The van der Waals surface area contributed by atoms with Gasteiger partial charge in [0.2, 0.25) is 0 Å². The summed E-state index contributed by atoms with van der Waals surface area (Å²) < 4.78 is 0. The van der Waals surface area contributed by atoms with Crippen molar-refractivity contribution in [3.63, 3.8) is 0 Å². The predicted octanol–water partition coefficient (Wildman–Crippen LogP) is 2.96. The molecule has 3 rings (SSSR count). The Labute approximate surface area is 108 Å². The van der Waals surface area contributed by atoms with Crippen LogP contribution in [-0.4, -0.2) is 29.6 Å². The second kappa shape index (κ2) is 3.72. The first-order valence-corrected chi connectivity index (χ1v) is 6.40. The van der Waals surface area contributed by atoms with Crippen molar-refractivity contribution in [1.82, 2.24) is 4.90 Å². The quantitative estimate of drug-likeness (QED) is 0.829. The zero-order valence-electron chi connectivity index (χ0n) is 11.2. The minimum Gasteiger partial charge on any atom is -0.508 e. The summed E-state index contributed by atoms with van der Waals surface area (Å²) in [5.41, 5.74) is 2.79. The number of phenols is 1. The highest BCUT2D eigenvalue weighted by molar-refractivity contribution is 5.91. The lowest BCUT2D eigenvalue weighted by Crippen LogP contribution is -2.46. The van der Waals surface area contributed by atoms with Gasteiger partial charge in [-0.05, 0) is 67.9 Å². The van der Waals surface area contributed by atoms with E-state index in [0.29, 0.717) is 5.75 Å². The fourth-order valence-corrected chi connectivity index (χ4v) is 3.07. The molecule has 1 aliphatic carbocycles. The highest BCUT2D eigenvalue weighted by atomic mass is 16.3. The second-order valence-electron chi connectivity index (χ2n) is 5.87. The Balaban J connectivity index is 2.26. The predicted molar refractivity (Wildman–Crippen MR) is 75.1 cm³/mol. The van der Waals surface area contributed by atoms with Gasteiger partial charge in [-0.2, -0.15) is 0 Å². The average Bonchev–Trinajstić information content (AvgIpc) is 2.27. The van der Waals surface area contributed by atoms with Gasteiger partial charge in [0.15, 0.2) is 0 Å². The lowest BCUT2D eigenvalue weighted by molar-refractivity contribution is 0.169. The van der Waals surface area contributed by atoms with E-state index in [-0.39, 0.29) is 5.54 Å². The topological polar surface area (TPSA) is 23.5 Å². The first-order valence-electron chi connectivity index (χ1n) is 6.40. The second-order valence-corrected chi connectivity index (χ2v) is 5.87. The van der Waals surface area contributed by atoms with Crippen molar-refractivity contribution < 1.29 is 5.11 Å². The molecule has 2 heteroatoms. The highest BCUT2D eigenvalue weighted by Crippen LogP contribution is 2.38.